The molecular weight excluding hydrogens is 226 g/mol. The molecule has 1 aromatic carbocycles. The summed E-state index contributed by atoms with van der Waals surface area (Å²) >= 11 is 0. The van der Waals surface area contributed by atoms with Gasteiger partial charge >= 0.3 is 0 Å². The number of methoxy groups -OCH3 is 1. The van der Waals surface area contributed by atoms with Crippen LogP contribution in [0.4, 0.5) is 5.69 Å². The van der Waals surface area contributed by atoms with Crippen molar-refractivity contribution >= 4 is 5.69 Å². The summed E-state index contributed by atoms with van der Waals surface area (Å²) in [7, 11) is 1.70. The molecule has 1 aromatic rings. The predicted molar refractivity (Wildman–Crippen MR) is 74.2 cm³/mol. The molecule has 1 N–H and O–H groups in total. The molecule has 2 atom stereocenters. The average molecular weight is 249 g/mol. The van der Waals surface area contributed by atoms with Crippen molar-refractivity contribution in [3.8, 4) is 5.75 Å². The molecule has 2 unspecified atom stereocenters. The van der Waals surface area contributed by atoms with Crippen molar-refractivity contribution in [2.75, 3.05) is 19.0 Å². The molecule has 0 spiro atoms. The summed E-state index contributed by atoms with van der Waals surface area (Å²) in [6.07, 6.45) is 2.52. The van der Waals surface area contributed by atoms with Crippen LogP contribution < -0.4 is 10.1 Å². The number of ether oxygens (including phenoxy) is 2. The second-order valence-electron chi connectivity index (χ2n) is 5.25. The summed E-state index contributed by atoms with van der Waals surface area (Å²) in [5.41, 5.74) is 1.13. The molecule has 1 heterocycles. The molecule has 0 radical (unpaired) electrons. The zero-order valence-corrected chi connectivity index (χ0v) is 11.5. The maximum atomic E-state index is 5.79. The van der Waals surface area contributed by atoms with Gasteiger partial charge in [-0.3, -0.25) is 0 Å². The lowest BCUT2D eigenvalue weighted by atomic mass is 9.95. The Hall–Kier alpha value is -1.22. The van der Waals surface area contributed by atoms with Gasteiger partial charge in [-0.2, -0.15) is 0 Å². The van der Waals surface area contributed by atoms with Crippen LogP contribution >= 0.6 is 0 Å². The Kier molecular flexibility index (Phi) is 4.48. The zero-order chi connectivity index (χ0) is 13.0. The number of hydrogen-bond donors (Lipinski definition) is 1. The Labute approximate surface area is 109 Å². The van der Waals surface area contributed by atoms with Gasteiger partial charge in [-0.15, -0.1) is 0 Å². The third-order valence-electron chi connectivity index (χ3n) is 3.50. The van der Waals surface area contributed by atoms with E-state index in [1.165, 1.54) is 0 Å². The van der Waals surface area contributed by atoms with Crippen LogP contribution in [0.2, 0.25) is 0 Å². The van der Waals surface area contributed by atoms with Crippen LogP contribution in [0.3, 0.4) is 0 Å². The first-order valence-corrected chi connectivity index (χ1v) is 6.71. The van der Waals surface area contributed by atoms with E-state index < -0.39 is 0 Å². The highest BCUT2D eigenvalue weighted by molar-refractivity contribution is 5.48. The second-order valence-corrected chi connectivity index (χ2v) is 5.25. The number of benzene rings is 1. The molecule has 1 saturated heterocycles. The van der Waals surface area contributed by atoms with E-state index in [1.807, 2.05) is 18.2 Å². The minimum absolute atomic E-state index is 0.377. The molecule has 0 aliphatic carbocycles. The maximum Gasteiger partial charge on any atom is 0.120 e. The fraction of sp³-hybridized carbons (Fsp3) is 0.600. The quantitative estimate of drug-likeness (QED) is 0.888. The molecule has 0 aromatic heterocycles. The van der Waals surface area contributed by atoms with Gasteiger partial charge in [-0.1, -0.05) is 19.9 Å². The standard InChI is InChI=1S/C15H23NO2/c1-11(2)15-10-13(7-8-18-15)16-12-5-4-6-14(9-12)17-3/h4-6,9,11,13,15-16H,7-8,10H2,1-3H3. The van der Waals surface area contributed by atoms with Gasteiger partial charge in [-0.25, -0.2) is 0 Å². The van der Waals surface area contributed by atoms with Crippen LogP contribution in [0.1, 0.15) is 26.7 Å². The van der Waals surface area contributed by atoms with Gasteiger partial charge in [0.2, 0.25) is 0 Å². The van der Waals surface area contributed by atoms with E-state index in [4.69, 9.17) is 9.47 Å². The minimum atomic E-state index is 0.377. The van der Waals surface area contributed by atoms with Crippen LogP contribution in [0.5, 0.6) is 5.75 Å². The van der Waals surface area contributed by atoms with Crippen LogP contribution in [-0.4, -0.2) is 25.9 Å². The van der Waals surface area contributed by atoms with Crippen molar-refractivity contribution in [1.82, 2.24) is 0 Å². The normalized spacial score (nSPS) is 24.0. The van der Waals surface area contributed by atoms with Gasteiger partial charge in [0.1, 0.15) is 5.75 Å². The van der Waals surface area contributed by atoms with E-state index in [0.29, 0.717) is 18.1 Å². The highest BCUT2D eigenvalue weighted by Crippen LogP contribution is 2.24. The van der Waals surface area contributed by atoms with Crippen molar-refractivity contribution in [2.24, 2.45) is 5.92 Å². The number of hydrogen-bond acceptors (Lipinski definition) is 3. The van der Waals surface area contributed by atoms with Crippen molar-refractivity contribution in [3.63, 3.8) is 0 Å². The Morgan fingerprint density at radius 3 is 2.94 bits per heavy atom. The van der Waals surface area contributed by atoms with Gasteiger partial charge in [0.05, 0.1) is 13.2 Å². The van der Waals surface area contributed by atoms with Gasteiger partial charge in [0.15, 0.2) is 0 Å². The fourth-order valence-electron chi connectivity index (χ4n) is 2.37. The summed E-state index contributed by atoms with van der Waals surface area (Å²) < 4.78 is 11.0. The summed E-state index contributed by atoms with van der Waals surface area (Å²) in [6.45, 7) is 5.29. The van der Waals surface area contributed by atoms with Crippen LogP contribution in [0.15, 0.2) is 24.3 Å². The van der Waals surface area contributed by atoms with Gasteiger partial charge < -0.3 is 14.8 Å². The molecule has 1 aliphatic rings. The molecule has 2 rings (SSSR count). The van der Waals surface area contributed by atoms with E-state index in [9.17, 15) is 0 Å². The number of nitrogens with one attached hydrogen (secondary N) is 1. The van der Waals surface area contributed by atoms with Crippen molar-refractivity contribution in [2.45, 2.75) is 38.8 Å². The molecule has 0 amide bonds. The molecule has 0 bridgehead atoms. The highest BCUT2D eigenvalue weighted by atomic mass is 16.5. The first-order valence-electron chi connectivity index (χ1n) is 6.71. The third-order valence-corrected chi connectivity index (χ3v) is 3.50. The molecule has 18 heavy (non-hydrogen) atoms. The first-order chi connectivity index (χ1) is 8.69. The fourth-order valence-corrected chi connectivity index (χ4v) is 2.37. The monoisotopic (exact) mass is 249 g/mol. The Balaban J connectivity index is 1.95. The maximum absolute atomic E-state index is 5.79. The van der Waals surface area contributed by atoms with Gasteiger partial charge in [0, 0.05) is 24.4 Å². The van der Waals surface area contributed by atoms with Crippen LogP contribution in [0.25, 0.3) is 0 Å². The second kappa shape index (κ2) is 6.10. The van der Waals surface area contributed by atoms with E-state index in [-0.39, 0.29) is 0 Å². The Bertz CT molecular complexity index is 379. The summed E-state index contributed by atoms with van der Waals surface area (Å²) in [4.78, 5) is 0. The van der Waals surface area contributed by atoms with Crippen LogP contribution in [0, 0.1) is 5.92 Å². The summed E-state index contributed by atoms with van der Waals surface area (Å²) in [5.74, 6) is 1.48. The molecule has 0 saturated carbocycles. The SMILES string of the molecule is COc1cccc(NC2CCOC(C(C)C)C2)c1. The topological polar surface area (TPSA) is 30.5 Å². The molecule has 100 valence electrons. The van der Waals surface area contributed by atoms with Crippen LogP contribution in [-0.2, 0) is 4.74 Å². The molecule has 1 aliphatic heterocycles. The summed E-state index contributed by atoms with van der Waals surface area (Å²) in [5, 5.41) is 3.58. The largest absolute Gasteiger partial charge is 0.497 e. The zero-order valence-electron chi connectivity index (χ0n) is 11.5. The van der Waals surface area contributed by atoms with Crippen molar-refractivity contribution in [3.05, 3.63) is 24.3 Å². The molecule has 3 nitrogen and oxygen atoms in total. The lowest BCUT2D eigenvalue weighted by Gasteiger charge is -2.33. The number of anilines is 1. The predicted octanol–water partition coefficient (Wildman–Crippen LogP) is 3.31. The van der Waals surface area contributed by atoms with E-state index in [1.54, 1.807) is 7.11 Å². The molecule has 3 heteroatoms. The number of rotatable bonds is 4. The molecular formula is C15H23NO2. The van der Waals surface area contributed by atoms with Gasteiger partial charge in [-0.05, 0) is 30.9 Å². The lowest BCUT2D eigenvalue weighted by Crippen LogP contribution is -2.36. The van der Waals surface area contributed by atoms with E-state index >= 15 is 0 Å². The smallest absolute Gasteiger partial charge is 0.120 e. The molecule has 1 fully saturated rings. The average Bonchev–Trinajstić information content (AvgIpc) is 2.39. The Morgan fingerprint density at radius 1 is 1.39 bits per heavy atom. The lowest BCUT2D eigenvalue weighted by molar-refractivity contribution is -0.0160. The highest BCUT2D eigenvalue weighted by Gasteiger charge is 2.24. The Morgan fingerprint density at radius 2 is 2.22 bits per heavy atom. The van der Waals surface area contributed by atoms with E-state index in [0.717, 1.165) is 30.9 Å². The van der Waals surface area contributed by atoms with Crippen molar-refractivity contribution < 1.29 is 9.47 Å². The van der Waals surface area contributed by atoms with Crippen molar-refractivity contribution in [1.29, 1.82) is 0 Å². The van der Waals surface area contributed by atoms with Gasteiger partial charge in [0.25, 0.3) is 0 Å². The summed E-state index contributed by atoms with van der Waals surface area (Å²) in [6, 6.07) is 8.60. The first kappa shape index (κ1) is 13.2. The van der Waals surface area contributed by atoms with E-state index in [2.05, 4.69) is 25.2 Å². The third kappa shape index (κ3) is 3.39. The minimum Gasteiger partial charge on any atom is -0.497 e.